The third-order valence-corrected chi connectivity index (χ3v) is 7.33. The van der Waals surface area contributed by atoms with Crippen LogP contribution in [0, 0.1) is 25.7 Å². The minimum absolute atomic E-state index is 0.0423. The van der Waals surface area contributed by atoms with E-state index in [-0.39, 0.29) is 23.7 Å². The number of amides is 2. The Labute approximate surface area is 161 Å². The van der Waals surface area contributed by atoms with Gasteiger partial charge < -0.3 is 19.5 Å². The van der Waals surface area contributed by atoms with Crippen molar-refractivity contribution in [3.05, 3.63) is 23.0 Å². The van der Waals surface area contributed by atoms with Gasteiger partial charge in [0, 0.05) is 56.5 Å². The number of fused-ring (bicyclic) bond motifs is 1. The van der Waals surface area contributed by atoms with Crippen LogP contribution >= 0.6 is 0 Å². The van der Waals surface area contributed by atoms with Gasteiger partial charge in [0.1, 0.15) is 0 Å². The van der Waals surface area contributed by atoms with E-state index in [1.165, 1.54) is 0 Å². The van der Waals surface area contributed by atoms with Crippen LogP contribution < -0.4 is 0 Å². The molecule has 3 heterocycles. The summed E-state index contributed by atoms with van der Waals surface area (Å²) in [6.07, 6.45) is 4.38. The standard InChI is InChI=1S/C21H31N3O3/c1-14-11-18(15(2)22(14)3)20(26)24-10-8-21(27)7-9-23(12-17(21)13-24)19(25)16-5-4-6-16/h11,16-17,27H,4-10,12-13H2,1-3H3/t17-,21-/m0/s1. The van der Waals surface area contributed by atoms with Crippen LogP contribution in [-0.4, -0.2) is 63.1 Å². The van der Waals surface area contributed by atoms with E-state index in [2.05, 4.69) is 0 Å². The van der Waals surface area contributed by atoms with E-state index in [1.807, 2.05) is 41.3 Å². The summed E-state index contributed by atoms with van der Waals surface area (Å²) < 4.78 is 2.03. The molecular weight excluding hydrogens is 342 g/mol. The lowest BCUT2D eigenvalue weighted by Crippen LogP contribution is -2.62. The molecule has 3 fully saturated rings. The van der Waals surface area contributed by atoms with Crippen LogP contribution in [0.25, 0.3) is 0 Å². The Morgan fingerprint density at radius 2 is 1.74 bits per heavy atom. The van der Waals surface area contributed by atoms with Crippen molar-refractivity contribution in [1.29, 1.82) is 0 Å². The van der Waals surface area contributed by atoms with Gasteiger partial charge in [-0.25, -0.2) is 0 Å². The summed E-state index contributed by atoms with van der Waals surface area (Å²) in [5.41, 5.74) is 2.05. The van der Waals surface area contributed by atoms with Gasteiger partial charge in [-0.2, -0.15) is 0 Å². The molecule has 2 atom stereocenters. The zero-order chi connectivity index (χ0) is 19.3. The molecule has 0 radical (unpaired) electrons. The number of carbonyl (C=O) groups excluding carboxylic acids is 2. The van der Waals surface area contributed by atoms with E-state index in [0.29, 0.717) is 39.0 Å². The maximum absolute atomic E-state index is 13.1. The summed E-state index contributed by atoms with van der Waals surface area (Å²) in [5.74, 6) is 0.424. The highest BCUT2D eigenvalue weighted by atomic mass is 16.3. The third kappa shape index (κ3) is 3.08. The molecule has 27 heavy (non-hydrogen) atoms. The number of aryl methyl sites for hydroxylation is 1. The van der Waals surface area contributed by atoms with Crippen LogP contribution in [-0.2, 0) is 11.8 Å². The molecule has 6 heteroatoms. The number of aromatic nitrogens is 1. The average Bonchev–Trinajstić information content (AvgIpc) is 2.86. The topological polar surface area (TPSA) is 65.8 Å². The van der Waals surface area contributed by atoms with E-state index in [1.54, 1.807) is 0 Å². The zero-order valence-corrected chi connectivity index (χ0v) is 16.7. The highest BCUT2D eigenvalue weighted by Crippen LogP contribution is 2.38. The highest BCUT2D eigenvalue weighted by molar-refractivity contribution is 5.95. The molecule has 6 nitrogen and oxygen atoms in total. The molecule has 0 spiro atoms. The number of carbonyl (C=O) groups is 2. The first-order valence-electron chi connectivity index (χ1n) is 10.2. The Kier molecular flexibility index (Phi) is 4.57. The van der Waals surface area contributed by atoms with Gasteiger partial charge in [0.2, 0.25) is 5.91 Å². The lowest BCUT2D eigenvalue weighted by molar-refractivity contribution is -0.151. The highest BCUT2D eigenvalue weighted by Gasteiger charge is 2.47. The third-order valence-electron chi connectivity index (χ3n) is 7.33. The van der Waals surface area contributed by atoms with Gasteiger partial charge >= 0.3 is 0 Å². The van der Waals surface area contributed by atoms with Crippen molar-refractivity contribution in [2.24, 2.45) is 18.9 Å². The van der Waals surface area contributed by atoms with Gasteiger partial charge in [-0.1, -0.05) is 6.42 Å². The van der Waals surface area contributed by atoms with E-state index in [0.717, 1.165) is 36.2 Å². The van der Waals surface area contributed by atoms with Crippen molar-refractivity contribution < 1.29 is 14.7 Å². The van der Waals surface area contributed by atoms with Crippen LogP contribution in [0.2, 0.25) is 0 Å². The van der Waals surface area contributed by atoms with E-state index < -0.39 is 5.60 Å². The second-order valence-corrected chi connectivity index (χ2v) is 8.81. The smallest absolute Gasteiger partial charge is 0.255 e. The van der Waals surface area contributed by atoms with Crippen LogP contribution in [0.5, 0.6) is 0 Å². The van der Waals surface area contributed by atoms with Gasteiger partial charge in [-0.3, -0.25) is 9.59 Å². The van der Waals surface area contributed by atoms with Crippen LogP contribution in [0.4, 0.5) is 0 Å². The summed E-state index contributed by atoms with van der Waals surface area (Å²) in [5, 5.41) is 11.1. The van der Waals surface area contributed by atoms with Gasteiger partial charge in [0.15, 0.2) is 0 Å². The fourth-order valence-corrected chi connectivity index (χ4v) is 4.84. The minimum atomic E-state index is -0.741. The predicted molar refractivity (Wildman–Crippen MR) is 102 cm³/mol. The largest absolute Gasteiger partial charge is 0.389 e. The fraction of sp³-hybridized carbons (Fsp3) is 0.714. The molecule has 1 aromatic heterocycles. The number of piperidine rings is 2. The molecular formula is C21H31N3O3. The Balaban J connectivity index is 1.48. The molecule has 1 saturated carbocycles. The van der Waals surface area contributed by atoms with Crippen LogP contribution in [0.15, 0.2) is 6.07 Å². The van der Waals surface area contributed by atoms with E-state index in [4.69, 9.17) is 0 Å². The summed E-state index contributed by atoms with van der Waals surface area (Å²) >= 11 is 0. The Hall–Kier alpha value is -1.82. The van der Waals surface area contributed by atoms with Crippen molar-refractivity contribution in [2.75, 3.05) is 26.2 Å². The maximum Gasteiger partial charge on any atom is 0.255 e. The maximum atomic E-state index is 13.1. The van der Waals surface area contributed by atoms with E-state index in [9.17, 15) is 14.7 Å². The number of aliphatic hydroxyl groups is 1. The molecule has 4 rings (SSSR count). The molecule has 1 aromatic rings. The summed E-state index contributed by atoms with van der Waals surface area (Å²) in [6.45, 7) is 6.30. The molecule has 2 aliphatic heterocycles. The molecule has 0 aromatic carbocycles. The summed E-state index contributed by atoms with van der Waals surface area (Å²) in [4.78, 5) is 29.5. The first-order chi connectivity index (χ1) is 12.8. The van der Waals surface area contributed by atoms with Crippen molar-refractivity contribution in [3.8, 4) is 0 Å². The summed E-state index contributed by atoms with van der Waals surface area (Å²) in [6, 6.07) is 1.95. The molecule has 0 unspecified atom stereocenters. The second kappa shape index (κ2) is 6.66. The summed E-state index contributed by atoms with van der Waals surface area (Å²) in [7, 11) is 1.97. The number of hydrogen-bond acceptors (Lipinski definition) is 3. The number of nitrogens with zero attached hydrogens (tertiary/aromatic N) is 3. The van der Waals surface area contributed by atoms with Gasteiger partial charge in [0.05, 0.1) is 11.2 Å². The van der Waals surface area contributed by atoms with Crippen molar-refractivity contribution in [3.63, 3.8) is 0 Å². The normalized spacial score (nSPS) is 28.7. The lowest BCUT2D eigenvalue weighted by atomic mass is 9.74. The quantitative estimate of drug-likeness (QED) is 0.861. The molecule has 0 bridgehead atoms. The minimum Gasteiger partial charge on any atom is -0.389 e. The molecule has 1 N–H and O–H groups in total. The fourth-order valence-electron chi connectivity index (χ4n) is 4.84. The van der Waals surface area contributed by atoms with Crippen molar-refractivity contribution in [1.82, 2.24) is 14.4 Å². The SMILES string of the molecule is Cc1cc(C(=O)N2CC[C@@]3(O)CCN(C(=O)C4CCC4)C[C@H]3C2)c(C)n1C. The molecule has 148 valence electrons. The van der Waals surface area contributed by atoms with Crippen molar-refractivity contribution in [2.45, 2.75) is 51.6 Å². The Morgan fingerprint density at radius 3 is 2.30 bits per heavy atom. The average molecular weight is 373 g/mol. The molecule has 2 amide bonds. The first kappa shape index (κ1) is 18.5. The van der Waals surface area contributed by atoms with Crippen LogP contribution in [0.1, 0.15) is 53.8 Å². The second-order valence-electron chi connectivity index (χ2n) is 8.81. The van der Waals surface area contributed by atoms with Gasteiger partial charge in [-0.05, 0) is 45.6 Å². The molecule has 1 aliphatic carbocycles. The zero-order valence-electron chi connectivity index (χ0n) is 16.7. The van der Waals surface area contributed by atoms with Gasteiger partial charge in [-0.15, -0.1) is 0 Å². The Bertz CT molecular complexity index is 767. The number of rotatable bonds is 2. The van der Waals surface area contributed by atoms with Crippen LogP contribution in [0.3, 0.4) is 0 Å². The van der Waals surface area contributed by atoms with E-state index >= 15 is 0 Å². The van der Waals surface area contributed by atoms with Crippen molar-refractivity contribution >= 4 is 11.8 Å². The monoisotopic (exact) mass is 373 g/mol. The molecule has 3 aliphatic rings. The number of hydrogen-bond donors (Lipinski definition) is 1. The molecule has 2 saturated heterocycles. The predicted octanol–water partition coefficient (Wildman–Crippen LogP) is 1.87. The lowest BCUT2D eigenvalue weighted by Gasteiger charge is -2.50. The first-order valence-corrected chi connectivity index (χ1v) is 10.2. The number of likely N-dealkylation sites (tertiary alicyclic amines) is 2. The Morgan fingerprint density at radius 1 is 1.11 bits per heavy atom. The van der Waals surface area contributed by atoms with Gasteiger partial charge in [0.25, 0.3) is 5.91 Å².